The molecule has 0 bridgehead atoms. The number of rotatable bonds is 34. The molecule has 0 saturated heterocycles. The molecule has 0 aliphatic rings. The van der Waals surface area contributed by atoms with Crippen LogP contribution in [-0.2, 0) is 0 Å². The molecule has 0 aromatic carbocycles. The van der Waals surface area contributed by atoms with E-state index in [1.165, 1.54) is 193 Å². The second-order valence-corrected chi connectivity index (χ2v) is 12.1. The Labute approximate surface area is 248 Å². The first-order chi connectivity index (χ1) is 19.4. The van der Waals surface area contributed by atoms with Gasteiger partial charge in [-0.15, -0.1) is 0 Å². The molecule has 232 valence electrons. The number of nitrogens with one attached hydrogen (secondary N) is 2. The number of unbranched alkanes of at least 4 members (excludes halogenated alkanes) is 24. The van der Waals surface area contributed by atoms with Crippen molar-refractivity contribution in [3.8, 4) is 0 Å². The lowest BCUT2D eigenvalue weighted by Crippen LogP contribution is -2.30. The Morgan fingerprint density at radius 3 is 0.872 bits per heavy atom. The van der Waals surface area contributed by atoms with Gasteiger partial charge in [-0.2, -0.15) is 0 Å². The van der Waals surface area contributed by atoms with Crippen LogP contribution in [0.3, 0.4) is 0 Å². The van der Waals surface area contributed by atoms with Crippen molar-refractivity contribution >= 4 is 0 Å². The van der Waals surface area contributed by atoms with Crippen molar-refractivity contribution in [3.05, 3.63) is 24.3 Å². The summed E-state index contributed by atoms with van der Waals surface area (Å²) in [5.74, 6) is 0. The molecule has 0 rings (SSSR count). The topological polar surface area (TPSA) is 24.1 Å². The second-order valence-electron chi connectivity index (χ2n) is 12.1. The van der Waals surface area contributed by atoms with Crippen LogP contribution < -0.4 is 10.6 Å². The maximum absolute atomic E-state index is 3.56. The highest BCUT2D eigenvalue weighted by molar-refractivity contribution is 4.82. The third-order valence-corrected chi connectivity index (χ3v) is 7.98. The van der Waals surface area contributed by atoms with Crippen molar-refractivity contribution in [3.63, 3.8) is 0 Å². The van der Waals surface area contributed by atoms with Crippen LogP contribution in [0.15, 0.2) is 24.3 Å². The molecule has 0 heterocycles. The molecule has 2 N–H and O–H groups in total. The predicted molar refractivity (Wildman–Crippen MR) is 180 cm³/mol. The normalized spacial score (nSPS) is 11.9. The lowest BCUT2D eigenvalue weighted by molar-refractivity contribution is 0.519. The molecule has 0 saturated carbocycles. The van der Waals surface area contributed by atoms with Gasteiger partial charge in [-0.1, -0.05) is 154 Å². The maximum atomic E-state index is 3.56. The molecule has 0 aliphatic heterocycles. The van der Waals surface area contributed by atoms with Gasteiger partial charge in [-0.25, -0.2) is 0 Å². The molecule has 0 aromatic rings. The predicted octanol–water partition coefficient (Wildman–Crippen LogP) is 12.2. The average Bonchev–Trinajstić information content (AvgIpc) is 2.95. The molecule has 39 heavy (non-hydrogen) atoms. The number of hydrogen-bond acceptors (Lipinski definition) is 2. The van der Waals surface area contributed by atoms with Gasteiger partial charge in [0.25, 0.3) is 0 Å². The Morgan fingerprint density at radius 2 is 0.564 bits per heavy atom. The van der Waals surface area contributed by atoms with E-state index < -0.39 is 0 Å². The van der Waals surface area contributed by atoms with Gasteiger partial charge in [0.15, 0.2) is 0 Å². The maximum Gasteiger partial charge on any atom is 0.0454 e. The third kappa shape index (κ3) is 37.4. The van der Waals surface area contributed by atoms with Crippen LogP contribution >= 0.6 is 0 Å². The molecule has 0 atom stereocenters. The summed E-state index contributed by atoms with van der Waals surface area (Å²) < 4.78 is 0. The Balaban J connectivity index is 3.09. The molecule has 0 unspecified atom stereocenters. The van der Waals surface area contributed by atoms with Crippen LogP contribution in [0.2, 0.25) is 0 Å². The molecule has 2 nitrogen and oxygen atoms in total. The van der Waals surface area contributed by atoms with E-state index in [2.05, 4.69) is 48.8 Å². The summed E-state index contributed by atoms with van der Waals surface area (Å²) in [6, 6.07) is 0. The van der Waals surface area contributed by atoms with Gasteiger partial charge in [0.2, 0.25) is 0 Å². The number of allylic oxidation sites excluding steroid dienone is 4. The molecule has 0 aromatic heterocycles. The minimum atomic E-state index is 0.982. The van der Waals surface area contributed by atoms with Gasteiger partial charge in [-0.05, 0) is 77.3 Å². The van der Waals surface area contributed by atoms with Crippen LogP contribution in [0.25, 0.3) is 0 Å². The van der Waals surface area contributed by atoms with Gasteiger partial charge in [0, 0.05) is 6.67 Å². The first-order valence-electron chi connectivity index (χ1n) is 18.1. The summed E-state index contributed by atoms with van der Waals surface area (Å²) in [5.41, 5.74) is 0. The first-order valence-corrected chi connectivity index (χ1v) is 18.1. The fraction of sp³-hybridized carbons (Fsp3) is 0.892. The van der Waals surface area contributed by atoms with Gasteiger partial charge in [-0.3, -0.25) is 0 Å². The smallest absolute Gasteiger partial charge is 0.0454 e. The Kier molecular flexibility index (Phi) is 36.8. The first kappa shape index (κ1) is 38.4. The molecule has 0 radical (unpaired) electrons. The van der Waals surface area contributed by atoms with Crippen molar-refractivity contribution in [1.82, 2.24) is 10.6 Å². The van der Waals surface area contributed by atoms with E-state index >= 15 is 0 Å². The fourth-order valence-corrected chi connectivity index (χ4v) is 5.26. The van der Waals surface area contributed by atoms with E-state index in [9.17, 15) is 0 Å². The van der Waals surface area contributed by atoms with E-state index in [1.54, 1.807) is 0 Å². The van der Waals surface area contributed by atoms with Crippen LogP contribution in [0.4, 0.5) is 0 Å². The van der Waals surface area contributed by atoms with Crippen molar-refractivity contribution in [2.24, 2.45) is 0 Å². The van der Waals surface area contributed by atoms with Gasteiger partial charge in [0.05, 0.1) is 0 Å². The fourth-order valence-electron chi connectivity index (χ4n) is 5.26. The monoisotopic (exact) mass is 547 g/mol. The third-order valence-electron chi connectivity index (χ3n) is 7.98. The average molecular weight is 547 g/mol. The standard InChI is InChI=1S/C37H74N2/c1-3-5-7-9-11-13-15-17-19-21-23-25-27-29-31-33-35-38-37-39-36-34-32-30-28-26-24-22-20-18-16-14-12-10-8-6-4-2/h17-20,38-39H,3-16,21-37H2,1-2H3/b19-17-,20-18-. The minimum absolute atomic E-state index is 0.982. The van der Waals surface area contributed by atoms with Crippen LogP contribution in [0, 0.1) is 0 Å². The molecule has 0 fully saturated rings. The Bertz CT molecular complexity index is 428. The lowest BCUT2D eigenvalue weighted by Gasteiger charge is -2.07. The van der Waals surface area contributed by atoms with Gasteiger partial charge in [0.1, 0.15) is 0 Å². The summed E-state index contributed by atoms with van der Waals surface area (Å²) in [6.07, 6.45) is 48.5. The molecular weight excluding hydrogens is 472 g/mol. The zero-order chi connectivity index (χ0) is 28.2. The second kappa shape index (κ2) is 37.4. The van der Waals surface area contributed by atoms with Gasteiger partial charge >= 0.3 is 0 Å². The lowest BCUT2D eigenvalue weighted by atomic mass is 10.1. The van der Waals surface area contributed by atoms with Crippen molar-refractivity contribution in [2.45, 2.75) is 194 Å². The Morgan fingerprint density at radius 1 is 0.308 bits per heavy atom. The minimum Gasteiger partial charge on any atom is -0.304 e. The van der Waals surface area contributed by atoms with E-state index in [4.69, 9.17) is 0 Å². The van der Waals surface area contributed by atoms with Crippen molar-refractivity contribution in [2.75, 3.05) is 19.8 Å². The summed E-state index contributed by atoms with van der Waals surface area (Å²) >= 11 is 0. The molecular formula is C37H74N2. The van der Waals surface area contributed by atoms with Crippen LogP contribution in [0.5, 0.6) is 0 Å². The summed E-state index contributed by atoms with van der Waals surface area (Å²) in [4.78, 5) is 0. The van der Waals surface area contributed by atoms with E-state index in [0.29, 0.717) is 0 Å². The highest BCUT2D eigenvalue weighted by atomic mass is 15.0. The SMILES string of the molecule is CCCCCCCC/C=C\CCCCCCCCNCNCCCCCCCC/C=C\CCCCCCCC. The van der Waals surface area contributed by atoms with E-state index in [1.807, 2.05) is 0 Å². The Hall–Kier alpha value is -0.600. The summed E-state index contributed by atoms with van der Waals surface area (Å²) in [7, 11) is 0. The largest absolute Gasteiger partial charge is 0.304 e. The van der Waals surface area contributed by atoms with Gasteiger partial charge < -0.3 is 10.6 Å². The summed E-state index contributed by atoms with van der Waals surface area (Å²) in [6.45, 7) is 7.90. The van der Waals surface area contributed by atoms with Crippen LogP contribution in [0.1, 0.15) is 194 Å². The highest BCUT2D eigenvalue weighted by Gasteiger charge is 1.94. The molecule has 0 aliphatic carbocycles. The zero-order valence-corrected chi connectivity index (χ0v) is 27.2. The van der Waals surface area contributed by atoms with E-state index in [0.717, 1.165) is 6.67 Å². The van der Waals surface area contributed by atoms with Crippen molar-refractivity contribution < 1.29 is 0 Å². The molecule has 0 spiro atoms. The van der Waals surface area contributed by atoms with E-state index in [-0.39, 0.29) is 0 Å². The molecule has 0 amide bonds. The number of hydrogen-bond donors (Lipinski definition) is 2. The summed E-state index contributed by atoms with van der Waals surface area (Å²) in [5, 5.41) is 7.13. The van der Waals surface area contributed by atoms with Crippen molar-refractivity contribution in [1.29, 1.82) is 0 Å². The molecule has 2 heteroatoms. The van der Waals surface area contributed by atoms with Crippen LogP contribution in [-0.4, -0.2) is 19.8 Å². The zero-order valence-electron chi connectivity index (χ0n) is 27.2. The quantitative estimate of drug-likeness (QED) is 0.0476. The highest BCUT2D eigenvalue weighted by Crippen LogP contribution is 2.11.